The molecule has 31 heavy (non-hydrogen) atoms. The van der Waals surface area contributed by atoms with Crippen LogP contribution in [0.15, 0.2) is 30.7 Å². The largest absolute Gasteiger partial charge is 0.383 e. The summed E-state index contributed by atoms with van der Waals surface area (Å²) in [7, 11) is 3.51. The number of ether oxygens (including phenoxy) is 1. The summed E-state index contributed by atoms with van der Waals surface area (Å²) in [4.78, 5) is 25.9. The number of hydrogen-bond donors (Lipinski definition) is 2. The quantitative estimate of drug-likeness (QED) is 0.480. The molecular formula is C22H24N6O2S. The zero-order chi connectivity index (χ0) is 21.4. The number of nitrogens with one attached hydrogen (secondary N) is 2. The molecule has 1 aromatic carbocycles. The number of nitrogens with zero attached hydrogens (tertiary/aromatic N) is 4. The van der Waals surface area contributed by atoms with E-state index in [-0.39, 0.29) is 11.8 Å². The van der Waals surface area contributed by atoms with Crippen LogP contribution in [0.25, 0.3) is 21.1 Å². The lowest BCUT2D eigenvalue weighted by Gasteiger charge is -2.26. The molecule has 8 nitrogen and oxygen atoms in total. The van der Waals surface area contributed by atoms with Gasteiger partial charge in [-0.05, 0) is 43.0 Å². The van der Waals surface area contributed by atoms with Crippen molar-refractivity contribution in [2.24, 2.45) is 5.92 Å². The standard InChI is InChI=1S/C22H24N6O2S/c1-28(7-8-30-2)22(29)13-3-5-16-18(10-13)31-21-19(16)20(23-12-24-21)26-15-4-6-17-14(9-15)11-25-27-17/h4,6,9,11-13H,3,5,7-8,10H2,1-2H3,(H,25,27)(H,23,24,26)/t13-/m0/s1. The molecule has 5 rings (SSSR count). The monoisotopic (exact) mass is 436 g/mol. The summed E-state index contributed by atoms with van der Waals surface area (Å²) in [5, 5.41) is 12.6. The van der Waals surface area contributed by atoms with Gasteiger partial charge in [-0.3, -0.25) is 9.89 Å². The van der Waals surface area contributed by atoms with Crippen LogP contribution in [-0.2, 0) is 22.4 Å². The number of anilines is 2. The van der Waals surface area contributed by atoms with Crippen molar-refractivity contribution >= 4 is 49.9 Å². The average molecular weight is 437 g/mol. The molecule has 2 N–H and O–H groups in total. The number of carbonyl (C=O) groups excluding carboxylic acids is 1. The molecule has 0 aliphatic heterocycles. The maximum Gasteiger partial charge on any atom is 0.225 e. The van der Waals surface area contributed by atoms with Gasteiger partial charge in [-0.2, -0.15) is 5.10 Å². The minimum absolute atomic E-state index is 0.00952. The van der Waals surface area contributed by atoms with Gasteiger partial charge in [0.15, 0.2) is 0 Å². The lowest BCUT2D eigenvalue weighted by atomic mass is 9.87. The van der Waals surface area contributed by atoms with Crippen molar-refractivity contribution in [1.82, 2.24) is 25.1 Å². The second-order valence-corrected chi connectivity index (χ2v) is 8.98. The molecule has 160 valence electrons. The van der Waals surface area contributed by atoms with Gasteiger partial charge in [0.25, 0.3) is 0 Å². The van der Waals surface area contributed by atoms with E-state index in [0.717, 1.165) is 51.9 Å². The Balaban J connectivity index is 1.42. The predicted molar refractivity (Wildman–Crippen MR) is 122 cm³/mol. The molecule has 0 fully saturated rings. The zero-order valence-electron chi connectivity index (χ0n) is 17.5. The van der Waals surface area contributed by atoms with Crippen LogP contribution in [0.3, 0.4) is 0 Å². The second kappa shape index (κ2) is 8.24. The lowest BCUT2D eigenvalue weighted by Crippen LogP contribution is -2.37. The first-order valence-corrected chi connectivity index (χ1v) is 11.1. The molecule has 4 aromatic rings. The van der Waals surface area contributed by atoms with Crippen molar-refractivity contribution in [3.05, 3.63) is 41.2 Å². The van der Waals surface area contributed by atoms with Crippen molar-refractivity contribution in [2.45, 2.75) is 19.3 Å². The third kappa shape index (κ3) is 3.75. The Morgan fingerprint density at radius 3 is 3.16 bits per heavy atom. The molecule has 3 heterocycles. The van der Waals surface area contributed by atoms with Crippen molar-refractivity contribution in [2.75, 3.05) is 32.6 Å². The Labute approximate surface area is 183 Å². The van der Waals surface area contributed by atoms with E-state index in [2.05, 4.69) is 31.5 Å². The number of amides is 1. The number of hydrogen-bond acceptors (Lipinski definition) is 7. The van der Waals surface area contributed by atoms with Crippen molar-refractivity contribution < 1.29 is 9.53 Å². The van der Waals surface area contributed by atoms with Crippen LogP contribution in [0.1, 0.15) is 16.9 Å². The first kappa shape index (κ1) is 19.9. The summed E-state index contributed by atoms with van der Waals surface area (Å²) in [6.07, 6.45) is 5.86. The Hall–Kier alpha value is -3.04. The summed E-state index contributed by atoms with van der Waals surface area (Å²) in [5.41, 5.74) is 3.23. The fourth-order valence-corrected chi connectivity index (χ4v) is 5.49. The first-order valence-electron chi connectivity index (χ1n) is 10.3. The molecule has 0 spiro atoms. The van der Waals surface area contributed by atoms with Gasteiger partial charge in [-0.25, -0.2) is 9.97 Å². The Morgan fingerprint density at radius 2 is 2.29 bits per heavy atom. The van der Waals surface area contributed by atoms with Crippen LogP contribution in [0.4, 0.5) is 11.5 Å². The molecule has 0 radical (unpaired) electrons. The molecule has 0 unspecified atom stereocenters. The van der Waals surface area contributed by atoms with E-state index in [1.54, 1.807) is 29.7 Å². The van der Waals surface area contributed by atoms with Crippen LogP contribution < -0.4 is 5.32 Å². The van der Waals surface area contributed by atoms with Gasteiger partial charge in [0.05, 0.1) is 23.7 Å². The second-order valence-electron chi connectivity index (χ2n) is 7.90. The SMILES string of the molecule is COCCN(C)C(=O)[C@H]1CCc2c(sc3ncnc(Nc4ccc5[nH]ncc5c4)c23)C1. The first-order chi connectivity index (χ1) is 15.1. The number of H-pyrrole nitrogens is 1. The highest BCUT2D eigenvalue weighted by Gasteiger charge is 2.30. The van der Waals surface area contributed by atoms with Crippen LogP contribution in [0, 0.1) is 5.92 Å². The van der Waals surface area contributed by atoms with Crippen molar-refractivity contribution in [1.29, 1.82) is 0 Å². The molecule has 3 aromatic heterocycles. The molecule has 1 aliphatic rings. The van der Waals surface area contributed by atoms with Crippen LogP contribution in [0.5, 0.6) is 0 Å². The summed E-state index contributed by atoms with van der Waals surface area (Å²) < 4.78 is 5.11. The number of rotatable bonds is 6. The zero-order valence-corrected chi connectivity index (χ0v) is 18.3. The van der Waals surface area contributed by atoms with E-state index in [4.69, 9.17) is 4.74 Å². The van der Waals surface area contributed by atoms with Gasteiger partial charge in [0, 0.05) is 42.6 Å². The summed E-state index contributed by atoms with van der Waals surface area (Å²) in [6.45, 7) is 1.17. The Bertz CT molecular complexity index is 1250. The number of aryl methyl sites for hydroxylation is 1. The molecule has 0 saturated carbocycles. The highest BCUT2D eigenvalue weighted by molar-refractivity contribution is 7.19. The van der Waals surface area contributed by atoms with E-state index in [0.29, 0.717) is 13.2 Å². The Kier molecular flexibility index (Phi) is 5.29. The summed E-state index contributed by atoms with van der Waals surface area (Å²) >= 11 is 1.68. The summed E-state index contributed by atoms with van der Waals surface area (Å²) in [6, 6.07) is 6.07. The van der Waals surface area contributed by atoms with Gasteiger partial charge in [-0.15, -0.1) is 11.3 Å². The van der Waals surface area contributed by atoms with E-state index < -0.39 is 0 Å². The number of aromatic nitrogens is 4. The molecule has 1 amide bonds. The predicted octanol–water partition coefficient (Wildman–Crippen LogP) is 3.52. The Morgan fingerprint density at radius 1 is 1.39 bits per heavy atom. The number of benzene rings is 1. The minimum atomic E-state index is 0.00952. The van der Waals surface area contributed by atoms with Crippen LogP contribution in [0.2, 0.25) is 0 Å². The number of fused-ring (bicyclic) bond motifs is 4. The highest BCUT2D eigenvalue weighted by Crippen LogP contribution is 2.40. The third-order valence-electron chi connectivity index (χ3n) is 5.90. The highest BCUT2D eigenvalue weighted by atomic mass is 32.1. The molecule has 0 saturated heterocycles. The fraction of sp³-hybridized carbons (Fsp3) is 0.364. The molecule has 0 bridgehead atoms. The topological polar surface area (TPSA) is 96.0 Å². The smallest absolute Gasteiger partial charge is 0.225 e. The van der Waals surface area contributed by atoms with Gasteiger partial charge in [-0.1, -0.05) is 0 Å². The lowest BCUT2D eigenvalue weighted by molar-refractivity contribution is -0.135. The van der Waals surface area contributed by atoms with Crippen LogP contribution >= 0.6 is 11.3 Å². The van der Waals surface area contributed by atoms with E-state index in [9.17, 15) is 4.79 Å². The maximum atomic E-state index is 12.8. The number of thiophene rings is 1. The van der Waals surface area contributed by atoms with Gasteiger partial charge < -0.3 is 15.0 Å². The number of aromatic amines is 1. The van der Waals surface area contributed by atoms with Crippen LogP contribution in [-0.4, -0.2) is 58.3 Å². The van der Waals surface area contributed by atoms with Gasteiger partial charge >= 0.3 is 0 Å². The van der Waals surface area contributed by atoms with Gasteiger partial charge in [0.2, 0.25) is 5.91 Å². The van der Waals surface area contributed by atoms with Gasteiger partial charge in [0.1, 0.15) is 17.0 Å². The maximum absolute atomic E-state index is 12.8. The average Bonchev–Trinajstić information content (AvgIpc) is 3.40. The number of likely N-dealkylation sites (N-methyl/N-ethyl adjacent to an activating group) is 1. The molecule has 1 aliphatic carbocycles. The number of carbonyl (C=O) groups is 1. The summed E-state index contributed by atoms with van der Waals surface area (Å²) in [5.74, 6) is 1.01. The molecule has 9 heteroatoms. The minimum Gasteiger partial charge on any atom is -0.383 e. The van der Waals surface area contributed by atoms with Crippen molar-refractivity contribution in [3.63, 3.8) is 0 Å². The van der Waals surface area contributed by atoms with E-state index >= 15 is 0 Å². The molecule has 1 atom stereocenters. The fourth-order valence-electron chi connectivity index (χ4n) is 4.22. The van der Waals surface area contributed by atoms with E-state index in [1.165, 1.54) is 10.4 Å². The van der Waals surface area contributed by atoms with E-state index in [1.807, 2.05) is 25.4 Å². The molecular weight excluding hydrogens is 412 g/mol. The third-order valence-corrected chi connectivity index (χ3v) is 7.07. The number of methoxy groups -OCH3 is 1. The normalized spacial score (nSPS) is 15.9. The van der Waals surface area contributed by atoms with Crippen molar-refractivity contribution in [3.8, 4) is 0 Å².